The lowest BCUT2D eigenvalue weighted by Gasteiger charge is -2.38. The second-order valence-electron chi connectivity index (χ2n) is 14.1. The Morgan fingerprint density at radius 1 is 0.786 bits per heavy atom. The number of aliphatic hydroxyl groups excluding tert-OH is 2. The molecule has 230 valence electrons. The van der Waals surface area contributed by atoms with E-state index < -0.39 is 0 Å². The average molecular weight is 571 g/mol. The van der Waals surface area contributed by atoms with E-state index >= 15 is 0 Å². The van der Waals surface area contributed by atoms with E-state index in [1.54, 1.807) is 0 Å². The van der Waals surface area contributed by atoms with Crippen LogP contribution < -0.4 is 0 Å². The van der Waals surface area contributed by atoms with Gasteiger partial charge in [0.1, 0.15) is 0 Å². The fourth-order valence-electron chi connectivity index (χ4n) is 6.50. The summed E-state index contributed by atoms with van der Waals surface area (Å²) in [6.07, 6.45) is 31.9. The monoisotopic (exact) mass is 570 g/mol. The number of allylic oxidation sites excluding steroid dienone is 18. The van der Waals surface area contributed by atoms with Crippen LogP contribution in [0.5, 0.6) is 0 Å². The van der Waals surface area contributed by atoms with Gasteiger partial charge in [-0.15, -0.1) is 0 Å². The summed E-state index contributed by atoms with van der Waals surface area (Å²) in [7, 11) is 0. The van der Waals surface area contributed by atoms with Crippen LogP contribution in [-0.4, -0.2) is 22.4 Å². The van der Waals surface area contributed by atoms with Crippen molar-refractivity contribution in [2.45, 2.75) is 114 Å². The Labute approximate surface area is 258 Å². The quantitative estimate of drug-likeness (QED) is 0.192. The largest absolute Gasteiger partial charge is 0.393 e. The van der Waals surface area contributed by atoms with Gasteiger partial charge in [0, 0.05) is 5.92 Å². The fraction of sp³-hybridized carbons (Fsp3) is 0.500. The molecule has 0 spiro atoms. The molecule has 0 unspecified atom stereocenters. The normalized spacial score (nSPS) is 26.4. The highest BCUT2D eigenvalue weighted by Crippen LogP contribution is 2.43. The highest BCUT2D eigenvalue weighted by Gasteiger charge is 2.34. The maximum absolute atomic E-state index is 10.1. The second kappa shape index (κ2) is 16.2. The predicted octanol–water partition coefficient (Wildman–Crippen LogP) is 10.6. The molecule has 0 radical (unpaired) electrons. The maximum Gasteiger partial charge on any atom is 0.0729 e. The third kappa shape index (κ3) is 11.9. The van der Waals surface area contributed by atoms with E-state index in [9.17, 15) is 10.2 Å². The van der Waals surface area contributed by atoms with Crippen molar-refractivity contribution in [2.24, 2.45) is 16.7 Å². The lowest BCUT2D eigenvalue weighted by Crippen LogP contribution is -2.32. The van der Waals surface area contributed by atoms with Crippen molar-refractivity contribution in [2.75, 3.05) is 0 Å². The number of rotatable bonds is 11. The van der Waals surface area contributed by atoms with Gasteiger partial charge in [0.25, 0.3) is 0 Å². The Kier molecular flexibility index (Phi) is 13.7. The molecule has 2 N–H and O–H groups in total. The van der Waals surface area contributed by atoms with Crippen LogP contribution in [0.4, 0.5) is 0 Å². The summed E-state index contributed by atoms with van der Waals surface area (Å²) in [5.41, 5.74) is 9.31. The molecule has 2 aliphatic rings. The maximum atomic E-state index is 10.1. The summed E-state index contributed by atoms with van der Waals surface area (Å²) in [5, 5.41) is 20.2. The summed E-state index contributed by atoms with van der Waals surface area (Å²) in [4.78, 5) is 0. The molecule has 0 saturated heterocycles. The number of hydrogen-bond acceptors (Lipinski definition) is 2. The molecule has 2 rings (SSSR count). The topological polar surface area (TPSA) is 40.5 Å². The Bertz CT molecular complexity index is 1230. The number of hydrogen-bond donors (Lipinski definition) is 2. The van der Waals surface area contributed by atoms with Gasteiger partial charge in [-0.25, -0.2) is 0 Å². The third-order valence-corrected chi connectivity index (χ3v) is 8.75. The molecule has 0 amide bonds. The molecule has 0 fully saturated rings. The average Bonchev–Trinajstić information content (AvgIpc) is 2.84. The predicted molar refractivity (Wildman–Crippen MR) is 184 cm³/mol. The first-order chi connectivity index (χ1) is 19.6. The zero-order valence-electron chi connectivity index (χ0n) is 28.2. The minimum Gasteiger partial charge on any atom is -0.393 e. The summed E-state index contributed by atoms with van der Waals surface area (Å²) in [6, 6.07) is 0. The molecule has 0 aromatic carbocycles. The summed E-state index contributed by atoms with van der Waals surface area (Å²) >= 11 is 0. The van der Waals surface area contributed by atoms with Crippen molar-refractivity contribution >= 4 is 0 Å². The van der Waals surface area contributed by atoms with Gasteiger partial charge in [-0.1, -0.05) is 146 Å². The molecule has 3 atom stereocenters. The zero-order valence-corrected chi connectivity index (χ0v) is 28.2. The molecule has 0 aromatic heterocycles. The molecular weight excluding hydrogens is 512 g/mol. The highest BCUT2D eigenvalue weighted by molar-refractivity contribution is 5.32. The van der Waals surface area contributed by atoms with Crippen molar-refractivity contribution < 1.29 is 10.2 Å². The standard InChI is InChI=1S/C40H58O2/c1-29(17-13-19-31(3)21-23-37-33(5)25-35(41)27-39(37,7)8)15-11-12-16-30(2)18-14-20-32(4)22-24-38-34(6)26-36(42)28-40(38,9)10/h11-21,23,25,35-37,41-42H,22,24,26-28H2,1-10H3/b12-11+,17-13+,18-14+,23-21+,29-15+,30-16+,31-19+,32-20+/t35-,36+,37-/m0/s1. The minimum atomic E-state index is -0.329. The smallest absolute Gasteiger partial charge is 0.0729 e. The van der Waals surface area contributed by atoms with E-state index in [0.29, 0.717) is 5.92 Å². The van der Waals surface area contributed by atoms with Crippen LogP contribution in [0.1, 0.15) is 101 Å². The van der Waals surface area contributed by atoms with Gasteiger partial charge in [0.15, 0.2) is 0 Å². The van der Waals surface area contributed by atoms with Crippen molar-refractivity contribution in [1.29, 1.82) is 0 Å². The highest BCUT2D eigenvalue weighted by atomic mass is 16.3. The van der Waals surface area contributed by atoms with Crippen molar-refractivity contribution in [1.82, 2.24) is 0 Å². The molecule has 0 heterocycles. The van der Waals surface area contributed by atoms with Crippen LogP contribution in [0, 0.1) is 16.7 Å². The third-order valence-electron chi connectivity index (χ3n) is 8.75. The molecule has 0 aliphatic heterocycles. The second-order valence-corrected chi connectivity index (χ2v) is 14.1. The van der Waals surface area contributed by atoms with Crippen LogP contribution in [0.2, 0.25) is 0 Å². The summed E-state index contributed by atoms with van der Waals surface area (Å²) in [6.45, 7) is 21.9. The van der Waals surface area contributed by atoms with E-state index in [1.807, 2.05) is 6.08 Å². The lowest BCUT2D eigenvalue weighted by atomic mass is 9.67. The number of aliphatic hydroxyl groups is 2. The first-order valence-electron chi connectivity index (χ1n) is 15.7. The Hall–Kier alpha value is -2.68. The van der Waals surface area contributed by atoms with Gasteiger partial charge in [-0.3, -0.25) is 0 Å². The van der Waals surface area contributed by atoms with E-state index in [4.69, 9.17) is 0 Å². The van der Waals surface area contributed by atoms with Crippen molar-refractivity contribution in [3.8, 4) is 0 Å². The van der Waals surface area contributed by atoms with Crippen LogP contribution >= 0.6 is 0 Å². The molecule has 42 heavy (non-hydrogen) atoms. The Morgan fingerprint density at radius 3 is 1.90 bits per heavy atom. The minimum absolute atomic E-state index is 0.0602. The van der Waals surface area contributed by atoms with Crippen LogP contribution in [0.3, 0.4) is 0 Å². The molecule has 2 heteroatoms. The molecule has 0 saturated carbocycles. The van der Waals surface area contributed by atoms with Crippen LogP contribution in [0.15, 0.2) is 118 Å². The Balaban J connectivity index is 1.85. The Morgan fingerprint density at radius 2 is 1.33 bits per heavy atom. The molecule has 0 bridgehead atoms. The SMILES string of the molecule is CC1=C[C@H](O)CC(C)(C)[C@H]1/C=C/C(C)=C/C=C/C(C)=C/C=C/C=C(C)/C=C/C=C(\C)CCC1=C(C)C[C@@H](O)CC1(C)C. The summed E-state index contributed by atoms with van der Waals surface area (Å²) < 4.78 is 0. The van der Waals surface area contributed by atoms with Gasteiger partial charge < -0.3 is 10.2 Å². The fourth-order valence-corrected chi connectivity index (χ4v) is 6.50. The lowest BCUT2D eigenvalue weighted by molar-refractivity contribution is 0.113. The van der Waals surface area contributed by atoms with Crippen LogP contribution in [-0.2, 0) is 0 Å². The zero-order chi connectivity index (χ0) is 31.5. The molecule has 2 aliphatic carbocycles. The van der Waals surface area contributed by atoms with Gasteiger partial charge in [0.2, 0.25) is 0 Å². The van der Waals surface area contributed by atoms with Crippen LogP contribution in [0.25, 0.3) is 0 Å². The van der Waals surface area contributed by atoms with E-state index in [2.05, 4.69) is 142 Å². The van der Waals surface area contributed by atoms with Gasteiger partial charge in [-0.2, -0.15) is 0 Å². The molecular formula is C40H58O2. The van der Waals surface area contributed by atoms with Gasteiger partial charge in [-0.05, 0) is 84.5 Å². The van der Waals surface area contributed by atoms with E-state index in [0.717, 1.165) is 32.1 Å². The summed E-state index contributed by atoms with van der Waals surface area (Å²) in [5.74, 6) is 0.351. The first-order valence-corrected chi connectivity index (χ1v) is 15.7. The molecule has 2 nitrogen and oxygen atoms in total. The van der Waals surface area contributed by atoms with Gasteiger partial charge in [0.05, 0.1) is 12.2 Å². The van der Waals surface area contributed by atoms with Gasteiger partial charge >= 0.3 is 0 Å². The van der Waals surface area contributed by atoms with Crippen molar-refractivity contribution in [3.63, 3.8) is 0 Å². The van der Waals surface area contributed by atoms with Crippen molar-refractivity contribution in [3.05, 3.63) is 118 Å². The molecule has 0 aromatic rings. The van der Waals surface area contributed by atoms with E-state index in [-0.39, 0.29) is 23.0 Å². The first kappa shape index (κ1) is 35.5. The van der Waals surface area contributed by atoms with E-state index in [1.165, 1.54) is 39.0 Å².